The molecule has 6 nitrogen and oxygen atoms in total. The first kappa shape index (κ1) is 17.5. The maximum Gasteiger partial charge on any atom is 0.197 e. The highest BCUT2D eigenvalue weighted by Crippen LogP contribution is 2.31. The van der Waals surface area contributed by atoms with Crippen LogP contribution in [0.4, 0.5) is 0 Å². The van der Waals surface area contributed by atoms with E-state index in [2.05, 4.69) is 26.2 Å². The van der Waals surface area contributed by atoms with E-state index in [9.17, 15) is 5.26 Å². The van der Waals surface area contributed by atoms with Crippen molar-refractivity contribution in [1.82, 2.24) is 24.7 Å². The Balaban J connectivity index is 1.76. The summed E-state index contributed by atoms with van der Waals surface area (Å²) in [6.45, 7) is 2.71. The van der Waals surface area contributed by atoms with Gasteiger partial charge in [-0.1, -0.05) is 17.7 Å². The van der Waals surface area contributed by atoms with Crippen LogP contribution in [0, 0.1) is 11.3 Å². The van der Waals surface area contributed by atoms with Crippen molar-refractivity contribution >= 4 is 34.3 Å². The zero-order chi connectivity index (χ0) is 18.8. The van der Waals surface area contributed by atoms with Crippen LogP contribution < -0.4 is 0 Å². The van der Waals surface area contributed by atoms with Crippen molar-refractivity contribution < 1.29 is 0 Å². The van der Waals surface area contributed by atoms with Gasteiger partial charge in [0.1, 0.15) is 10.7 Å². The van der Waals surface area contributed by atoms with E-state index in [-0.39, 0.29) is 0 Å². The van der Waals surface area contributed by atoms with Crippen LogP contribution in [0.1, 0.15) is 12.5 Å². The van der Waals surface area contributed by atoms with Gasteiger partial charge in [0, 0.05) is 23.2 Å². The minimum absolute atomic E-state index is 0.525. The van der Waals surface area contributed by atoms with Crippen molar-refractivity contribution in [3.63, 3.8) is 0 Å². The molecule has 0 aliphatic rings. The van der Waals surface area contributed by atoms with E-state index in [0.717, 1.165) is 11.1 Å². The molecule has 4 aromatic rings. The number of hydrogen-bond acceptors (Lipinski definition) is 6. The molecule has 0 aliphatic carbocycles. The average molecular weight is 393 g/mol. The molecular formula is C19H13ClN6S. The highest BCUT2D eigenvalue weighted by molar-refractivity contribution is 7.99. The first-order valence-corrected chi connectivity index (χ1v) is 9.42. The van der Waals surface area contributed by atoms with Crippen LogP contribution in [-0.4, -0.2) is 24.7 Å². The fraction of sp³-hybridized carbons (Fsp3) is 0.105. The molecule has 0 unspecified atom stereocenters. The van der Waals surface area contributed by atoms with Crippen LogP contribution in [0.25, 0.3) is 22.4 Å². The summed E-state index contributed by atoms with van der Waals surface area (Å²) in [6.07, 6.45) is 1.73. The number of benzene rings is 1. The minimum atomic E-state index is 0.525. The SMILES string of the molecule is CCn1c(Sc2cc(C#N)c3cc(Cl)ccc3n2)nnc1-c1ccccn1. The summed E-state index contributed by atoms with van der Waals surface area (Å²) < 4.78 is 1.98. The molecule has 0 spiro atoms. The summed E-state index contributed by atoms with van der Waals surface area (Å²) in [7, 11) is 0. The van der Waals surface area contributed by atoms with Crippen LogP contribution in [-0.2, 0) is 6.54 Å². The lowest BCUT2D eigenvalue weighted by molar-refractivity contribution is 0.685. The third-order valence-electron chi connectivity index (χ3n) is 3.99. The largest absolute Gasteiger partial charge is 0.301 e. The van der Waals surface area contributed by atoms with Gasteiger partial charge in [0.2, 0.25) is 0 Å². The molecule has 0 N–H and O–H groups in total. The summed E-state index contributed by atoms with van der Waals surface area (Å²) >= 11 is 7.42. The van der Waals surface area contributed by atoms with Gasteiger partial charge in [-0.3, -0.25) is 4.98 Å². The topological polar surface area (TPSA) is 80.3 Å². The Morgan fingerprint density at radius 1 is 1.19 bits per heavy atom. The Bertz CT molecular complexity index is 1170. The zero-order valence-corrected chi connectivity index (χ0v) is 15.9. The molecule has 0 atom stereocenters. The number of hydrogen-bond donors (Lipinski definition) is 0. The lowest BCUT2D eigenvalue weighted by atomic mass is 10.1. The van der Waals surface area contributed by atoms with Crippen LogP contribution >= 0.6 is 23.4 Å². The molecule has 4 rings (SSSR count). The van der Waals surface area contributed by atoms with Gasteiger partial charge in [0.05, 0.1) is 17.1 Å². The second kappa shape index (κ2) is 7.35. The average Bonchev–Trinajstić information content (AvgIpc) is 3.10. The Morgan fingerprint density at radius 3 is 2.81 bits per heavy atom. The standard InChI is InChI=1S/C19H13ClN6S/c1-2-26-18(16-5-3-4-8-22-16)24-25-19(26)27-17-9-12(11-21)14-10-13(20)6-7-15(14)23-17/h3-10H,2H2,1H3. The van der Waals surface area contributed by atoms with Crippen LogP contribution in [0.2, 0.25) is 5.02 Å². The van der Waals surface area contributed by atoms with Gasteiger partial charge >= 0.3 is 0 Å². The molecule has 3 aromatic heterocycles. The van der Waals surface area contributed by atoms with E-state index in [1.165, 1.54) is 11.8 Å². The van der Waals surface area contributed by atoms with Gasteiger partial charge in [-0.25, -0.2) is 4.98 Å². The van der Waals surface area contributed by atoms with Gasteiger partial charge in [-0.15, -0.1) is 10.2 Å². The summed E-state index contributed by atoms with van der Waals surface area (Å²) in [5, 5.41) is 20.8. The van der Waals surface area contributed by atoms with Gasteiger partial charge in [-0.05, 0) is 55.1 Å². The fourth-order valence-electron chi connectivity index (χ4n) is 2.75. The smallest absolute Gasteiger partial charge is 0.197 e. The maximum absolute atomic E-state index is 9.50. The summed E-state index contributed by atoms with van der Waals surface area (Å²) in [4.78, 5) is 8.98. The molecule has 3 heterocycles. The normalized spacial score (nSPS) is 10.9. The molecule has 0 radical (unpaired) electrons. The Morgan fingerprint density at radius 2 is 2.07 bits per heavy atom. The number of nitrogens with zero attached hydrogens (tertiary/aromatic N) is 6. The molecule has 0 fully saturated rings. The van der Waals surface area contributed by atoms with E-state index < -0.39 is 0 Å². The quantitative estimate of drug-likeness (QED) is 0.505. The first-order valence-electron chi connectivity index (χ1n) is 8.22. The third-order valence-corrected chi connectivity index (χ3v) is 5.13. The van der Waals surface area contributed by atoms with Crippen molar-refractivity contribution in [2.24, 2.45) is 0 Å². The van der Waals surface area contributed by atoms with Crippen LogP contribution in [0.5, 0.6) is 0 Å². The van der Waals surface area contributed by atoms with Crippen molar-refractivity contribution in [1.29, 1.82) is 5.26 Å². The van der Waals surface area contributed by atoms with E-state index in [1.807, 2.05) is 35.8 Å². The number of fused-ring (bicyclic) bond motifs is 1. The van der Waals surface area contributed by atoms with Crippen molar-refractivity contribution in [3.05, 3.63) is 59.2 Å². The number of rotatable bonds is 4. The maximum atomic E-state index is 9.50. The lowest BCUT2D eigenvalue weighted by Gasteiger charge is -2.08. The number of aromatic nitrogens is 5. The summed E-state index contributed by atoms with van der Waals surface area (Å²) in [6, 6.07) is 15.0. The van der Waals surface area contributed by atoms with E-state index in [1.54, 1.807) is 24.4 Å². The Hall–Kier alpha value is -2.95. The molecular weight excluding hydrogens is 380 g/mol. The summed E-state index contributed by atoms with van der Waals surface area (Å²) in [5.74, 6) is 0.702. The van der Waals surface area contributed by atoms with Crippen molar-refractivity contribution in [2.75, 3.05) is 0 Å². The third kappa shape index (κ3) is 3.37. The van der Waals surface area contributed by atoms with Crippen molar-refractivity contribution in [2.45, 2.75) is 23.7 Å². The van der Waals surface area contributed by atoms with Crippen LogP contribution in [0.3, 0.4) is 0 Å². The number of nitriles is 1. The monoisotopic (exact) mass is 392 g/mol. The minimum Gasteiger partial charge on any atom is -0.301 e. The summed E-state index contributed by atoms with van der Waals surface area (Å²) in [5.41, 5.74) is 2.00. The van der Waals surface area contributed by atoms with E-state index in [4.69, 9.17) is 11.6 Å². The molecule has 0 saturated heterocycles. The van der Waals surface area contributed by atoms with Gasteiger partial charge < -0.3 is 4.57 Å². The second-order valence-electron chi connectivity index (χ2n) is 5.65. The molecule has 27 heavy (non-hydrogen) atoms. The van der Waals surface area contributed by atoms with Crippen LogP contribution in [0.15, 0.2) is 58.8 Å². The molecule has 132 valence electrons. The molecule has 0 saturated carbocycles. The number of pyridine rings is 2. The van der Waals surface area contributed by atoms with Gasteiger partial charge in [-0.2, -0.15) is 5.26 Å². The van der Waals surface area contributed by atoms with Crippen molar-refractivity contribution in [3.8, 4) is 17.6 Å². The molecule has 0 amide bonds. The first-order chi connectivity index (χ1) is 13.2. The van der Waals surface area contributed by atoms with Gasteiger partial charge in [0.25, 0.3) is 0 Å². The second-order valence-corrected chi connectivity index (χ2v) is 7.07. The Labute approximate surface area is 164 Å². The molecule has 1 aromatic carbocycles. The molecule has 0 bridgehead atoms. The molecule has 8 heteroatoms. The highest BCUT2D eigenvalue weighted by atomic mass is 35.5. The zero-order valence-electron chi connectivity index (χ0n) is 14.3. The predicted octanol–water partition coefficient (Wildman–Crippen LogP) is 4.58. The molecule has 0 aliphatic heterocycles. The number of halogens is 1. The highest BCUT2D eigenvalue weighted by Gasteiger charge is 2.16. The fourth-order valence-corrected chi connectivity index (χ4v) is 3.83. The predicted molar refractivity (Wildman–Crippen MR) is 105 cm³/mol. The van der Waals surface area contributed by atoms with E-state index in [0.29, 0.717) is 38.7 Å². The van der Waals surface area contributed by atoms with E-state index >= 15 is 0 Å². The van der Waals surface area contributed by atoms with Gasteiger partial charge in [0.15, 0.2) is 11.0 Å². The Kier molecular flexibility index (Phi) is 4.75. The lowest BCUT2D eigenvalue weighted by Crippen LogP contribution is -2.01.